The first kappa shape index (κ1) is 23.6. The Bertz CT molecular complexity index is 887. The number of hydrogen-bond acceptors (Lipinski definition) is 4. The smallest absolute Gasteiger partial charge is 0.253 e. The summed E-state index contributed by atoms with van der Waals surface area (Å²) in [4.78, 5) is 26.9. The van der Waals surface area contributed by atoms with Gasteiger partial charge in [0, 0.05) is 36.1 Å². The topological polar surface area (TPSA) is 70.7 Å². The Morgan fingerprint density at radius 2 is 1.78 bits per heavy atom. The third-order valence-electron chi connectivity index (χ3n) is 5.74. The monoisotopic (exact) mass is 437 g/mol. The molecule has 1 aliphatic heterocycles. The molecule has 0 aliphatic carbocycles. The summed E-state index contributed by atoms with van der Waals surface area (Å²) < 4.78 is 5.77. The van der Waals surface area contributed by atoms with Crippen LogP contribution in [0.15, 0.2) is 48.5 Å². The van der Waals surface area contributed by atoms with E-state index in [1.807, 2.05) is 29.2 Å². The molecule has 0 aromatic heterocycles. The molecular weight excluding hydrogens is 402 g/mol. The summed E-state index contributed by atoms with van der Waals surface area (Å²) in [6, 6.07) is 14.7. The second kappa shape index (κ2) is 11.6. The van der Waals surface area contributed by atoms with Crippen LogP contribution in [0.1, 0.15) is 50.4 Å². The van der Waals surface area contributed by atoms with Crippen LogP contribution in [0.2, 0.25) is 0 Å². The summed E-state index contributed by atoms with van der Waals surface area (Å²) in [7, 11) is 0. The average molecular weight is 438 g/mol. The molecule has 0 unspecified atom stereocenters. The fourth-order valence-corrected chi connectivity index (χ4v) is 3.59. The molecular formula is C26H35N3O3. The average Bonchev–Trinajstić information content (AvgIpc) is 2.78. The summed E-state index contributed by atoms with van der Waals surface area (Å²) in [6.07, 6.45) is 3.11. The number of carbonyl (C=O) groups excluding carboxylic acids is 2. The van der Waals surface area contributed by atoms with E-state index in [2.05, 4.69) is 31.4 Å². The van der Waals surface area contributed by atoms with E-state index < -0.39 is 0 Å². The zero-order valence-electron chi connectivity index (χ0n) is 19.4. The second-order valence-electron chi connectivity index (χ2n) is 9.01. The van der Waals surface area contributed by atoms with Gasteiger partial charge in [-0.1, -0.05) is 26.8 Å². The minimum atomic E-state index is -0.153. The Balaban J connectivity index is 1.45. The second-order valence-corrected chi connectivity index (χ2v) is 9.01. The van der Waals surface area contributed by atoms with E-state index in [0.717, 1.165) is 43.8 Å². The first-order valence-corrected chi connectivity index (χ1v) is 11.6. The number of anilines is 2. The lowest BCUT2D eigenvalue weighted by Gasteiger charge is -2.30. The summed E-state index contributed by atoms with van der Waals surface area (Å²) in [5, 5.41) is 6.00. The summed E-state index contributed by atoms with van der Waals surface area (Å²) in [5.41, 5.74) is 2.16. The first-order valence-electron chi connectivity index (χ1n) is 11.6. The molecule has 32 heavy (non-hydrogen) atoms. The highest BCUT2D eigenvalue weighted by atomic mass is 16.5. The van der Waals surface area contributed by atoms with Gasteiger partial charge in [-0.3, -0.25) is 9.59 Å². The minimum absolute atomic E-state index is 0.0620. The van der Waals surface area contributed by atoms with Crippen molar-refractivity contribution in [3.05, 3.63) is 54.1 Å². The third kappa shape index (κ3) is 7.29. The molecule has 1 fully saturated rings. The van der Waals surface area contributed by atoms with E-state index >= 15 is 0 Å². The molecule has 2 amide bonds. The van der Waals surface area contributed by atoms with E-state index in [9.17, 15) is 9.59 Å². The van der Waals surface area contributed by atoms with Crippen LogP contribution in [-0.2, 0) is 4.79 Å². The molecule has 0 saturated carbocycles. The van der Waals surface area contributed by atoms with Crippen LogP contribution in [0.25, 0.3) is 0 Å². The molecule has 172 valence electrons. The van der Waals surface area contributed by atoms with Gasteiger partial charge in [-0.15, -0.1) is 0 Å². The number of hydrogen-bond donors (Lipinski definition) is 2. The number of benzene rings is 2. The largest absolute Gasteiger partial charge is 0.494 e. The number of likely N-dealkylation sites (tertiary alicyclic amines) is 1. The number of carbonyl (C=O) groups is 2. The van der Waals surface area contributed by atoms with Crippen LogP contribution in [0.5, 0.6) is 5.75 Å². The molecule has 2 N–H and O–H groups in total. The van der Waals surface area contributed by atoms with Crippen molar-refractivity contribution in [2.45, 2.75) is 40.0 Å². The normalized spacial score (nSPS) is 14.3. The number of piperidine rings is 1. The van der Waals surface area contributed by atoms with Gasteiger partial charge < -0.3 is 20.3 Å². The fourth-order valence-electron chi connectivity index (χ4n) is 3.59. The van der Waals surface area contributed by atoms with Gasteiger partial charge in [0.2, 0.25) is 5.91 Å². The predicted octanol–water partition coefficient (Wildman–Crippen LogP) is 5.03. The van der Waals surface area contributed by atoms with Crippen molar-refractivity contribution in [3.63, 3.8) is 0 Å². The molecule has 0 radical (unpaired) electrons. The van der Waals surface area contributed by atoms with Gasteiger partial charge in [-0.05, 0) is 67.5 Å². The summed E-state index contributed by atoms with van der Waals surface area (Å²) in [5.74, 6) is 1.98. The van der Waals surface area contributed by atoms with E-state index in [1.54, 1.807) is 24.3 Å². The van der Waals surface area contributed by atoms with Crippen molar-refractivity contribution in [2.24, 2.45) is 11.8 Å². The molecule has 0 atom stereocenters. The highest BCUT2D eigenvalue weighted by Gasteiger charge is 2.21. The Morgan fingerprint density at radius 1 is 1.06 bits per heavy atom. The third-order valence-corrected chi connectivity index (χ3v) is 5.74. The summed E-state index contributed by atoms with van der Waals surface area (Å²) >= 11 is 0. The molecule has 0 spiro atoms. The van der Waals surface area contributed by atoms with Gasteiger partial charge in [-0.25, -0.2) is 0 Å². The van der Waals surface area contributed by atoms with Gasteiger partial charge in [0.1, 0.15) is 5.75 Å². The fraction of sp³-hybridized carbons (Fsp3) is 0.462. The standard InChI is InChI=1S/C26H35N3O3/c1-19(2)13-16-32-24-6-4-5-23(17-24)27-18-25(30)28-22-9-7-21(8-10-22)26(31)29-14-11-20(3)12-15-29/h4-10,17,19-20,27H,11-16,18H2,1-3H3,(H,28,30). The number of nitrogens with zero attached hydrogens (tertiary/aromatic N) is 1. The molecule has 1 heterocycles. The van der Waals surface area contributed by atoms with Crippen molar-refractivity contribution in [1.29, 1.82) is 0 Å². The van der Waals surface area contributed by atoms with E-state index in [-0.39, 0.29) is 18.4 Å². The maximum absolute atomic E-state index is 12.6. The number of amides is 2. The number of nitrogens with one attached hydrogen (secondary N) is 2. The van der Waals surface area contributed by atoms with Crippen molar-refractivity contribution in [2.75, 3.05) is 36.9 Å². The quantitative estimate of drug-likeness (QED) is 0.577. The minimum Gasteiger partial charge on any atom is -0.494 e. The van der Waals surface area contributed by atoms with Crippen LogP contribution in [0.4, 0.5) is 11.4 Å². The van der Waals surface area contributed by atoms with Crippen LogP contribution in [-0.4, -0.2) is 43.0 Å². The zero-order chi connectivity index (χ0) is 22.9. The highest BCUT2D eigenvalue weighted by Crippen LogP contribution is 2.20. The van der Waals surface area contributed by atoms with Gasteiger partial charge >= 0.3 is 0 Å². The maximum atomic E-state index is 12.6. The molecule has 3 rings (SSSR count). The van der Waals surface area contributed by atoms with Gasteiger partial charge in [0.05, 0.1) is 13.2 Å². The predicted molar refractivity (Wildman–Crippen MR) is 129 cm³/mol. The lowest BCUT2D eigenvalue weighted by atomic mass is 9.98. The van der Waals surface area contributed by atoms with Crippen LogP contribution in [0.3, 0.4) is 0 Å². The molecule has 0 bridgehead atoms. The van der Waals surface area contributed by atoms with Crippen molar-refractivity contribution >= 4 is 23.2 Å². The Kier molecular flexibility index (Phi) is 8.54. The highest BCUT2D eigenvalue weighted by molar-refractivity contribution is 5.96. The Labute approximate surface area is 191 Å². The molecule has 1 saturated heterocycles. The van der Waals surface area contributed by atoms with E-state index in [1.165, 1.54) is 0 Å². The molecule has 2 aromatic carbocycles. The van der Waals surface area contributed by atoms with Crippen molar-refractivity contribution < 1.29 is 14.3 Å². The molecule has 2 aromatic rings. The van der Waals surface area contributed by atoms with Gasteiger partial charge in [0.15, 0.2) is 0 Å². The zero-order valence-corrected chi connectivity index (χ0v) is 19.4. The number of rotatable bonds is 9. The molecule has 6 nitrogen and oxygen atoms in total. The van der Waals surface area contributed by atoms with E-state index in [4.69, 9.17) is 4.74 Å². The van der Waals surface area contributed by atoms with Crippen molar-refractivity contribution in [3.8, 4) is 5.75 Å². The van der Waals surface area contributed by atoms with E-state index in [0.29, 0.717) is 29.7 Å². The van der Waals surface area contributed by atoms with Gasteiger partial charge in [-0.2, -0.15) is 0 Å². The number of ether oxygens (including phenoxy) is 1. The van der Waals surface area contributed by atoms with Crippen LogP contribution in [0, 0.1) is 11.8 Å². The van der Waals surface area contributed by atoms with Gasteiger partial charge in [0.25, 0.3) is 5.91 Å². The maximum Gasteiger partial charge on any atom is 0.253 e. The Morgan fingerprint density at radius 3 is 2.47 bits per heavy atom. The lowest BCUT2D eigenvalue weighted by molar-refractivity contribution is -0.114. The Hall–Kier alpha value is -3.02. The SMILES string of the molecule is CC(C)CCOc1cccc(NCC(=O)Nc2ccc(C(=O)N3CCC(C)CC3)cc2)c1. The molecule has 6 heteroatoms. The van der Waals surface area contributed by atoms with Crippen molar-refractivity contribution in [1.82, 2.24) is 4.90 Å². The van der Waals surface area contributed by atoms with Crippen LogP contribution >= 0.6 is 0 Å². The first-order chi connectivity index (χ1) is 15.4. The lowest BCUT2D eigenvalue weighted by Crippen LogP contribution is -2.37. The summed E-state index contributed by atoms with van der Waals surface area (Å²) in [6.45, 7) is 9.01. The molecule has 1 aliphatic rings. The van der Waals surface area contributed by atoms with Crippen LogP contribution < -0.4 is 15.4 Å².